The molecule has 0 aromatic carbocycles. The topological polar surface area (TPSA) is 68.9 Å². The minimum absolute atomic E-state index is 0.0146. The largest absolute Gasteiger partial charge is 0.397 e. The molecule has 0 fully saturated rings. The summed E-state index contributed by atoms with van der Waals surface area (Å²) in [6.45, 7) is 0. The summed E-state index contributed by atoms with van der Waals surface area (Å²) in [5.41, 5.74) is 8.19. The lowest BCUT2D eigenvalue weighted by atomic mass is 10.2. The number of anilines is 1. The molecule has 2 aromatic rings. The van der Waals surface area contributed by atoms with E-state index in [2.05, 4.69) is 9.97 Å². The van der Waals surface area contributed by atoms with Gasteiger partial charge in [0.15, 0.2) is 5.78 Å². The number of Topliss-reactive ketones (excluding diaryl/α,β-unsaturated/α-hetero) is 1. The van der Waals surface area contributed by atoms with E-state index in [-0.39, 0.29) is 5.78 Å². The van der Waals surface area contributed by atoms with Gasteiger partial charge in [-0.2, -0.15) is 0 Å². The molecule has 2 aromatic heterocycles. The lowest BCUT2D eigenvalue weighted by Gasteiger charge is -1.98. The zero-order valence-corrected chi connectivity index (χ0v) is 8.70. The van der Waals surface area contributed by atoms with Gasteiger partial charge in [0.2, 0.25) is 0 Å². The Morgan fingerprint density at radius 3 is 2.87 bits per heavy atom. The van der Waals surface area contributed by atoms with E-state index in [1.54, 1.807) is 23.8 Å². The van der Waals surface area contributed by atoms with Crippen molar-refractivity contribution in [3.63, 3.8) is 0 Å². The highest BCUT2D eigenvalue weighted by Crippen LogP contribution is 2.10. The molecule has 0 aliphatic rings. The Morgan fingerprint density at radius 2 is 2.27 bits per heavy atom. The third kappa shape index (κ3) is 2.38. The molecule has 0 saturated carbocycles. The van der Waals surface area contributed by atoms with Crippen molar-refractivity contribution >= 4 is 22.8 Å². The van der Waals surface area contributed by atoms with Crippen LogP contribution in [0, 0.1) is 0 Å². The number of hydrogen-bond donors (Lipinski definition) is 1. The molecule has 5 heteroatoms. The van der Waals surface area contributed by atoms with E-state index in [9.17, 15) is 4.79 Å². The van der Waals surface area contributed by atoms with Crippen LogP contribution in [0.15, 0.2) is 30.0 Å². The maximum absolute atomic E-state index is 11.7. The van der Waals surface area contributed by atoms with Crippen LogP contribution in [-0.2, 0) is 6.42 Å². The van der Waals surface area contributed by atoms with Crippen LogP contribution in [0.3, 0.4) is 0 Å². The van der Waals surface area contributed by atoms with Crippen LogP contribution in [0.25, 0.3) is 0 Å². The van der Waals surface area contributed by atoms with Crippen LogP contribution < -0.4 is 5.73 Å². The Morgan fingerprint density at radius 1 is 1.40 bits per heavy atom. The molecule has 0 radical (unpaired) electrons. The first-order valence-electron chi connectivity index (χ1n) is 4.38. The number of ketones is 1. The van der Waals surface area contributed by atoms with Crippen molar-refractivity contribution in [2.75, 3.05) is 5.73 Å². The predicted octanol–water partition coefficient (Wildman–Crippen LogP) is 1.55. The normalized spacial score (nSPS) is 10.1. The summed E-state index contributed by atoms with van der Waals surface area (Å²) in [6.07, 6.45) is 3.53. The molecule has 0 spiro atoms. The number of nitrogen functional groups attached to an aromatic ring is 1. The summed E-state index contributed by atoms with van der Waals surface area (Å²) in [5, 5.41) is 0. The fourth-order valence-electron chi connectivity index (χ4n) is 1.15. The zero-order valence-electron chi connectivity index (χ0n) is 7.88. The number of pyridine rings is 1. The third-order valence-corrected chi connectivity index (χ3v) is 2.67. The second kappa shape index (κ2) is 4.18. The molecule has 4 nitrogen and oxygen atoms in total. The average molecular weight is 219 g/mol. The number of hydrogen-bond acceptors (Lipinski definition) is 5. The van der Waals surface area contributed by atoms with Crippen molar-refractivity contribution in [2.24, 2.45) is 0 Å². The summed E-state index contributed by atoms with van der Waals surface area (Å²) < 4.78 is 0. The lowest BCUT2D eigenvalue weighted by Crippen LogP contribution is -2.05. The Kier molecular flexibility index (Phi) is 2.73. The molecular formula is C10H9N3OS. The van der Waals surface area contributed by atoms with Gasteiger partial charge in [-0.05, 0) is 12.1 Å². The molecular weight excluding hydrogens is 210 g/mol. The Bertz CT molecular complexity index is 450. The number of carbonyl (C=O) groups is 1. The van der Waals surface area contributed by atoms with Gasteiger partial charge >= 0.3 is 0 Å². The highest BCUT2D eigenvalue weighted by Gasteiger charge is 2.08. The van der Waals surface area contributed by atoms with E-state index < -0.39 is 0 Å². The molecule has 0 aliphatic carbocycles. The number of nitrogens with two attached hydrogens (primary N) is 1. The summed E-state index contributed by atoms with van der Waals surface area (Å²) in [4.78, 5) is 20.5. The Labute approximate surface area is 90.8 Å². The molecule has 15 heavy (non-hydrogen) atoms. The third-order valence-electron chi connectivity index (χ3n) is 1.89. The molecule has 2 heterocycles. The van der Waals surface area contributed by atoms with Crippen molar-refractivity contribution < 1.29 is 4.79 Å². The van der Waals surface area contributed by atoms with Crippen LogP contribution in [0.4, 0.5) is 5.69 Å². The molecule has 0 aliphatic heterocycles. The number of rotatable bonds is 3. The van der Waals surface area contributed by atoms with Crippen LogP contribution in [0.2, 0.25) is 0 Å². The van der Waals surface area contributed by atoms with Crippen molar-refractivity contribution in [2.45, 2.75) is 6.42 Å². The molecule has 76 valence electrons. The monoisotopic (exact) mass is 219 g/mol. The van der Waals surface area contributed by atoms with Gasteiger partial charge in [0.25, 0.3) is 0 Å². The first kappa shape index (κ1) is 9.79. The highest BCUT2D eigenvalue weighted by atomic mass is 32.1. The van der Waals surface area contributed by atoms with E-state index >= 15 is 0 Å². The second-order valence-corrected chi connectivity index (χ2v) is 4.02. The SMILES string of the molecule is Nc1ccc(C(=O)Cc2cncs2)nc1. The molecule has 0 bridgehead atoms. The summed E-state index contributed by atoms with van der Waals surface area (Å²) in [7, 11) is 0. The molecule has 2 N–H and O–H groups in total. The summed E-state index contributed by atoms with van der Waals surface area (Å²) in [6, 6.07) is 3.31. The van der Waals surface area contributed by atoms with Gasteiger partial charge in [0.05, 0.1) is 17.4 Å². The van der Waals surface area contributed by atoms with E-state index in [4.69, 9.17) is 5.73 Å². The second-order valence-electron chi connectivity index (χ2n) is 3.04. The molecule has 0 atom stereocenters. The smallest absolute Gasteiger partial charge is 0.186 e. The quantitative estimate of drug-likeness (QED) is 0.795. The maximum Gasteiger partial charge on any atom is 0.186 e. The van der Waals surface area contributed by atoms with Crippen LogP contribution in [0.5, 0.6) is 0 Å². The number of aromatic nitrogens is 2. The minimum Gasteiger partial charge on any atom is -0.397 e. The number of thiazole rings is 1. The van der Waals surface area contributed by atoms with Crippen LogP contribution in [0.1, 0.15) is 15.4 Å². The molecule has 2 rings (SSSR count). The van der Waals surface area contributed by atoms with Gasteiger partial charge in [-0.15, -0.1) is 11.3 Å². The van der Waals surface area contributed by atoms with E-state index in [0.29, 0.717) is 17.8 Å². The van der Waals surface area contributed by atoms with Gasteiger partial charge in [-0.3, -0.25) is 14.8 Å². The Balaban J connectivity index is 2.11. The van der Waals surface area contributed by atoms with E-state index in [1.807, 2.05) is 0 Å². The number of nitrogens with zero attached hydrogens (tertiary/aromatic N) is 2. The standard InChI is InChI=1S/C10H9N3OS/c11-7-1-2-9(13-4-7)10(14)3-8-5-12-6-15-8/h1-2,4-6H,3,11H2. The van der Waals surface area contributed by atoms with Gasteiger partial charge in [0, 0.05) is 17.5 Å². The van der Waals surface area contributed by atoms with Crippen LogP contribution >= 0.6 is 11.3 Å². The van der Waals surface area contributed by atoms with E-state index in [1.165, 1.54) is 17.5 Å². The maximum atomic E-state index is 11.7. The summed E-state index contributed by atoms with van der Waals surface area (Å²) >= 11 is 1.46. The zero-order chi connectivity index (χ0) is 10.7. The van der Waals surface area contributed by atoms with Gasteiger partial charge < -0.3 is 5.73 Å². The average Bonchev–Trinajstić information content (AvgIpc) is 2.71. The molecule has 0 unspecified atom stereocenters. The van der Waals surface area contributed by atoms with Gasteiger partial charge in [-0.1, -0.05) is 0 Å². The highest BCUT2D eigenvalue weighted by molar-refractivity contribution is 7.09. The Hall–Kier alpha value is -1.75. The first-order chi connectivity index (χ1) is 7.25. The molecule has 0 amide bonds. The predicted molar refractivity (Wildman–Crippen MR) is 58.8 cm³/mol. The minimum atomic E-state index is -0.0146. The van der Waals surface area contributed by atoms with Crippen molar-refractivity contribution in [1.82, 2.24) is 9.97 Å². The lowest BCUT2D eigenvalue weighted by molar-refractivity contribution is 0.0989. The fourth-order valence-corrected chi connectivity index (χ4v) is 1.74. The van der Waals surface area contributed by atoms with Gasteiger partial charge in [-0.25, -0.2) is 0 Å². The molecule has 0 saturated heterocycles. The number of carbonyl (C=O) groups excluding carboxylic acids is 1. The van der Waals surface area contributed by atoms with Gasteiger partial charge in [0.1, 0.15) is 5.69 Å². The first-order valence-corrected chi connectivity index (χ1v) is 5.26. The fraction of sp³-hybridized carbons (Fsp3) is 0.100. The van der Waals surface area contributed by atoms with Crippen molar-refractivity contribution in [1.29, 1.82) is 0 Å². The van der Waals surface area contributed by atoms with Crippen molar-refractivity contribution in [3.05, 3.63) is 40.6 Å². The van der Waals surface area contributed by atoms with Crippen molar-refractivity contribution in [3.8, 4) is 0 Å². The summed E-state index contributed by atoms with van der Waals surface area (Å²) in [5.74, 6) is -0.0146. The van der Waals surface area contributed by atoms with E-state index in [0.717, 1.165) is 4.88 Å². The van der Waals surface area contributed by atoms with Crippen LogP contribution in [-0.4, -0.2) is 15.8 Å².